The van der Waals surface area contributed by atoms with Crippen LogP contribution in [0.15, 0.2) is 85.1 Å². The van der Waals surface area contributed by atoms with E-state index in [-0.39, 0.29) is 75.3 Å². The molecule has 4 unspecified atom stereocenters. The lowest BCUT2D eigenvalue weighted by Crippen LogP contribution is -2.72. The van der Waals surface area contributed by atoms with Gasteiger partial charge in [-0.05, 0) is 94.1 Å². The Morgan fingerprint density at radius 2 is 1.05 bits per heavy atom. The Morgan fingerprint density at radius 3 is 1.65 bits per heavy atom. The number of carbonyl (C=O) groups excluding carboxylic acids is 9. The highest BCUT2D eigenvalue weighted by molar-refractivity contribution is 8.76. The van der Waals surface area contributed by atoms with Gasteiger partial charge in [0.1, 0.15) is 53.7 Å². The average Bonchev–Trinajstić information content (AvgIpc) is 1.74. The molecule has 9 amide bonds. The van der Waals surface area contributed by atoms with Crippen molar-refractivity contribution in [3.05, 3.63) is 102 Å². The molecule has 0 aliphatic carbocycles. The molecule has 2 aliphatic rings. The number of fused-ring (bicyclic) bond motifs is 6. The van der Waals surface area contributed by atoms with E-state index in [1.807, 2.05) is 0 Å². The van der Waals surface area contributed by atoms with Gasteiger partial charge in [-0.25, -0.2) is 4.79 Å². The predicted octanol–water partition coefficient (Wildman–Crippen LogP) is -4.01. The second-order valence-corrected chi connectivity index (χ2v) is 28.1. The van der Waals surface area contributed by atoms with Crippen molar-refractivity contribution in [2.45, 2.75) is 150 Å². The lowest BCUT2D eigenvalue weighted by atomic mass is 10.0. The monoisotopic (exact) mass is 1450 g/mol. The Kier molecular flexibility index (Phi) is 33.9. The van der Waals surface area contributed by atoms with Gasteiger partial charge in [-0.1, -0.05) is 82.3 Å². The third-order valence-corrected chi connectivity index (χ3v) is 18.9. The van der Waals surface area contributed by atoms with Crippen LogP contribution >= 0.6 is 21.6 Å². The topological polar surface area (TPSA) is 500 Å². The lowest BCUT2D eigenvalue weighted by molar-refractivity contribution is -0.145. The fourth-order valence-corrected chi connectivity index (χ4v) is 12.8. The van der Waals surface area contributed by atoms with Crippen molar-refractivity contribution in [1.82, 2.24) is 84.7 Å². The number of nitrogens with one attached hydrogen (secondary N) is 16. The first-order valence-electron chi connectivity index (χ1n) is 34.0. The molecule has 10 atom stereocenters. The summed E-state index contributed by atoms with van der Waals surface area (Å²) in [4.78, 5) is 143. The quantitative estimate of drug-likeness (QED) is 0.0152. The molecule has 4 aromatic rings. The van der Waals surface area contributed by atoms with Crippen LogP contribution in [-0.2, 0) is 67.2 Å². The molecule has 101 heavy (non-hydrogen) atoms. The van der Waals surface area contributed by atoms with Crippen molar-refractivity contribution in [2.24, 2.45) is 11.5 Å². The number of H-pyrrole nitrogens is 1. The molecule has 6 rings (SSSR count). The van der Waals surface area contributed by atoms with Crippen molar-refractivity contribution >= 4 is 91.6 Å². The van der Waals surface area contributed by atoms with Crippen LogP contribution in [0.3, 0.4) is 0 Å². The minimum absolute atomic E-state index is 0.00350. The summed E-state index contributed by atoms with van der Waals surface area (Å²) in [5.74, 6) is -8.86. The van der Waals surface area contributed by atoms with Crippen LogP contribution in [0.25, 0.3) is 10.9 Å². The van der Waals surface area contributed by atoms with Crippen LogP contribution in [0, 0.1) is 0 Å². The minimum Gasteiger partial charge on any atom is -0.508 e. The summed E-state index contributed by atoms with van der Waals surface area (Å²) in [5, 5.41) is 85.9. The van der Waals surface area contributed by atoms with Crippen LogP contribution < -0.4 is 91.2 Å². The molecule has 24 N–H and O–H groups in total. The average molecular weight is 1450 g/mol. The number of aromatic nitrogens is 1. The van der Waals surface area contributed by atoms with Crippen molar-refractivity contribution < 1.29 is 68.4 Å². The van der Waals surface area contributed by atoms with Crippen LogP contribution in [-0.4, -0.2) is 240 Å². The zero-order chi connectivity index (χ0) is 73.5. The van der Waals surface area contributed by atoms with Gasteiger partial charge in [-0.2, -0.15) is 0 Å². The van der Waals surface area contributed by atoms with Crippen molar-refractivity contribution in [3.63, 3.8) is 0 Å². The number of carboxylic acid groups (broad SMARTS) is 1. The number of hydrogen-bond acceptors (Lipinski definition) is 23. The zero-order valence-corrected chi connectivity index (χ0v) is 59.2. The highest BCUT2D eigenvalue weighted by Gasteiger charge is 2.38. The van der Waals surface area contributed by atoms with E-state index < -0.39 is 125 Å². The smallest absolute Gasteiger partial charge is 0.328 e. The number of nitrogens with two attached hydrogens (primary N) is 2. The Hall–Kier alpha value is -8.00. The number of amides is 9. The first-order valence-corrected chi connectivity index (χ1v) is 36.7. The standard InChI is InChI=1S/C67H102N18O14S2/c1-40(58(91)84-57(42(3)87)65(98)99)77-64(97)56(41(2)86)83-59(92)49(17-10-11-24-68)79-62(95)52(33-45-34-74-48-16-9-8-15-47(45)48)81-61(94)51(32-44-20-22-46(88)23-21-44)80-63(96)53(35-101-100-4)82-60(93)50(31-43-13-6-5-7-14-43)78-54(89)18-12-19-55(90)85-67-38-72-27-25-70-36-66(69,75-29-30-76-67)37-71-26-28-73-39-67/h5-9,13-16,20-23,34,40-42,49-53,56-57,70-76,86-88H,10-12,17-19,24-33,35-39,68-69H2,1-4H3,(H,77,97)(H,78,89)(H,79,95)(H,80,96)(H,81,94)(H,82,93)(H,83,92)(H,84,91)(H,85,90)(H,98,99)/t40-,41?,42?,49-,50+,51-,52+,53-,56?,57?,66-,67-/m0/s1. The molecule has 2 fully saturated rings. The van der Waals surface area contributed by atoms with Gasteiger partial charge in [-0.15, -0.1) is 0 Å². The van der Waals surface area contributed by atoms with Crippen LogP contribution in [0.4, 0.5) is 0 Å². The van der Waals surface area contributed by atoms with Gasteiger partial charge in [0.05, 0.1) is 17.9 Å². The number of phenolic OH excluding ortho intramolecular Hbond substituents is 1. The van der Waals surface area contributed by atoms with Gasteiger partial charge in [0, 0.05) is 120 Å². The SMILES string of the molecule is CSSC[C@H](NC(=O)[C@@H](Cc1ccccc1)NC(=O)CCCC(=O)N[C@]12CNCCNC[C@](N)(CNCCNC1)NCCN2)C(=O)N[C@@H](Cc1ccc(O)cc1)C(=O)N[C@H](Cc1c[nH]c2ccccc12)C(=O)N[C@@H](CCCCN)C(=O)NC(C(=O)N[C@@H](C)C(=O)NC(C(=O)O)C(C)O)C(C)O. The van der Waals surface area contributed by atoms with Gasteiger partial charge in [-0.3, -0.25) is 53.8 Å². The van der Waals surface area contributed by atoms with Gasteiger partial charge >= 0.3 is 5.97 Å². The summed E-state index contributed by atoms with van der Waals surface area (Å²) in [7, 11) is 2.53. The lowest BCUT2D eigenvalue weighted by Gasteiger charge is -2.39. The third kappa shape index (κ3) is 27.4. The maximum Gasteiger partial charge on any atom is 0.328 e. The Balaban J connectivity index is 1.21. The third-order valence-electron chi connectivity index (χ3n) is 17.0. The number of aliphatic hydroxyl groups excluding tert-OH is 2. The van der Waals surface area contributed by atoms with E-state index in [4.69, 9.17) is 11.5 Å². The number of aliphatic carboxylic acids is 1. The number of hydrogen-bond donors (Lipinski definition) is 22. The summed E-state index contributed by atoms with van der Waals surface area (Å²) in [6, 6.07) is 9.99. The van der Waals surface area contributed by atoms with Crippen LogP contribution in [0.1, 0.15) is 76.0 Å². The van der Waals surface area contributed by atoms with Gasteiger partial charge in [0.2, 0.25) is 53.2 Å². The highest BCUT2D eigenvalue weighted by Crippen LogP contribution is 2.22. The molecule has 34 heteroatoms. The molecule has 2 saturated heterocycles. The largest absolute Gasteiger partial charge is 0.508 e. The summed E-state index contributed by atoms with van der Waals surface area (Å²) in [6.45, 7) is 9.10. The van der Waals surface area contributed by atoms with E-state index in [0.29, 0.717) is 99.5 Å². The van der Waals surface area contributed by atoms with Gasteiger partial charge in [0.25, 0.3) is 0 Å². The molecule has 2 aliphatic heterocycles. The number of para-hydroxylation sites is 1. The van der Waals surface area contributed by atoms with E-state index in [1.165, 1.54) is 59.7 Å². The number of aromatic amines is 1. The number of rotatable bonds is 36. The van der Waals surface area contributed by atoms with E-state index >= 15 is 4.79 Å². The zero-order valence-electron chi connectivity index (χ0n) is 57.5. The molecular formula is C67H102N18O14S2. The number of benzene rings is 3. The molecule has 3 heterocycles. The number of aliphatic hydroxyl groups is 2. The fourth-order valence-electron chi connectivity index (χ4n) is 11.4. The summed E-state index contributed by atoms with van der Waals surface area (Å²) in [6.07, 6.45) is 0.434. The molecule has 0 saturated carbocycles. The van der Waals surface area contributed by atoms with Crippen molar-refractivity contribution in [1.29, 1.82) is 0 Å². The Labute approximate surface area is 595 Å². The maximum absolute atomic E-state index is 15.1. The van der Waals surface area contributed by atoms with Crippen LogP contribution in [0.2, 0.25) is 0 Å². The molecule has 0 radical (unpaired) electrons. The number of phenols is 1. The minimum atomic E-state index is -1.74. The summed E-state index contributed by atoms with van der Waals surface area (Å²) < 4.78 is 0. The molecule has 2 bridgehead atoms. The maximum atomic E-state index is 15.1. The van der Waals surface area contributed by atoms with Gasteiger partial charge in [0.15, 0.2) is 6.04 Å². The molecule has 556 valence electrons. The van der Waals surface area contributed by atoms with Crippen LogP contribution in [0.5, 0.6) is 5.75 Å². The number of carbonyl (C=O) groups is 10. The van der Waals surface area contributed by atoms with Crippen molar-refractivity contribution in [3.8, 4) is 5.75 Å². The first kappa shape index (κ1) is 82.0. The Bertz CT molecular complexity index is 3340. The van der Waals surface area contributed by atoms with E-state index in [2.05, 4.69) is 84.7 Å². The highest BCUT2D eigenvalue weighted by atomic mass is 33.1. The predicted molar refractivity (Wildman–Crippen MR) is 384 cm³/mol. The van der Waals surface area contributed by atoms with Gasteiger partial charge < -0.3 is 106 Å². The number of carboxylic acids is 1. The summed E-state index contributed by atoms with van der Waals surface area (Å²) in [5.41, 5.74) is 13.3. The van der Waals surface area contributed by atoms with E-state index in [9.17, 15) is 63.6 Å². The number of aromatic hydroxyl groups is 1. The molecule has 3 aromatic carbocycles. The Morgan fingerprint density at radius 1 is 0.535 bits per heavy atom. The molecular weight excluding hydrogens is 1340 g/mol. The number of unbranched alkanes of at least 4 members (excludes halogenated alkanes) is 1. The normalized spacial score (nSPS) is 19.7. The molecule has 1 aromatic heterocycles. The van der Waals surface area contributed by atoms with E-state index in [0.717, 1.165) is 6.92 Å². The summed E-state index contributed by atoms with van der Waals surface area (Å²) >= 11 is 0. The molecule has 0 spiro atoms. The first-order chi connectivity index (χ1) is 48.3. The van der Waals surface area contributed by atoms with Crippen molar-refractivity contribution in [2.75, 3.05) is 84.0 Å². The second-order valence-electron chi connectivity index (χ2n) is 25.4. The molecule has 32 nitrogen and oxygen atoms in total. The van der Waals surface area contributed by atoms with E-state index in [1.54, 1.807) is 67.0 Å². The second kappa shape index (κ2) is 41.8. The fraction of sp³-hybridized carbons (Fsp3) is 0.552.